The molecular weight excluding hydrogens is 610 g/mol. The molecule has 0 radical (unpaired) electrons. The molecule has 0 bridgehead atoms. The van der Waals surface area contributed by atoms with Gasteiger partial charge in [-0.2, -0.15) is 5.10 Å². The van der Waals surface area contributed by atoms with Crippen molar-refractivity contribution in [1.82, 2.24) is 34.5 Å². The molecule has 1 saturated heterocycles. The molecule has 3 aromatic heterocycles. The number of hydrogen-bond acceptors (Lipinski definition) is 8. The highest BCUT2D eigenvalue weighted by molar-refractivity contribution is 9.10. The predicted molar refractivity (Wildman–Crippen MR) is 165 cm³/mol. The van der Waals surface area contributed by atoms with Gasteiger partial charge in [-0.1, -0.05) is 19.1 Å². The number of carbonyl (C=O) groups is 3. The number of hydrogen-bond donors (Lipinski definition) is 0. The van der Waals surface area contributed by atoms with E-state index in [0.29, 0.717) is 40.0 Å². The minimum atomic E-state index is -0.522. The van der Waals surface area contributed by atoms with Gasteiger partial charge in [0.2, 0.25) is 5.91 Å². The van der Waals surface area contributed by atoms with Crippen LogP contribution >= 0.6 is 15.9 Å². The van der Waals surface area contributed by atoms with E-state index in [4.69, 9.17) is 0 Å². The lowest BCUT2D eigenvalue weighted by atomic mass is 9.96. The molecule has 1 saturated carbocycles. The summed E-state index contributed by atoms with van der Waals surface area (Å²) in [4.78, 5) is 57.4. The first kappa shape index (κ1) is 29.3. The van der Waals surface area contributed by atoms with Crippen molar-refractivity contribution in [1.29, 1.82) is 0 Å². The van der Waals surface area contributed by atoms with Crippen LogP contribution in [-0.2, 0) is 29.1 Å². The van der Waals surface area contributed by atoms with Crippen molar-refractivity contribution in [2.45, 2.75) is 65.2 Å². The molecule has 2 fully saturated rings. The predicted octanol–water partition coefficient (Wildman–Crippen LogP) is 4.41. The van der Waals surface area contributed by atoms with Gasteiger partial charge in [0, 0.05) is 42.9 Å². The van der Waals surface area contributed by atoms with Gasteiger partial charge in [0.25, 0.3) is 0 Å². The maximum absolute atomic E-state index is 14.0. The van der Waals surface area contributed by atoms with Gasteiger partial charge in [-0.3, -0.25) is 19.1 Å². The largest absolute Gasteiger partial charge is 0.327 e. The van der Waals surface area contributed by atoms with Crippen molar-refractivity contribution in [2.75, 3.05) is 14.1 Å². The second-order valence-electron chi connectivity index (χ2n) is 12.3. The Morgan fingerprint density at radius 2 is 1.81 bits per heavy atom. The van der Waals surface area contributed by atoms with E-state index in [1.165, 1.54) is 6.92 Å². The van der Waals surface area contributed by atoms with Gasteiger partial charge in [0.05, 0.1) is 23.7 Å². The number of fused-ring (bicyclic) bond motifs is 2. The normalized spacial score (nSPS) is 21.0. The summed E-state index contributed by atoms with van der Waals surface area (Å²) in [6.07, 6.45) is 5.17. The summed E-state index contributed by atoms with van der Waals surface area (Å²) in [5.74, 6) is 0.309. The van der Waals surface area contributed by atoms with Gasteiger partial charge >= 0.3 is 0 Å². The van der Waals surface area contributed by atoms with E-state index in [1.807, 2.05) is 56.3 Å². The number of halogens is 1. The van der Waals surface area contributed by atoms with Crippen LogP contribution in [-0.4, -0.2) is 78.2 Å². The first-order valence-electron chi connectivity index (χ1n) is 14.4. The Bertz CT molecular complexity index is 1770. The molecule has 10 nitrogen and oxygen atoms in total. The molecule has 11 heteroatoms. The van der Waals surface area contributed by atoms with Crippen LogP contribution in [0.3, 0.4) is 0 Å². The average molecular weight is 645 g/mol. The van der Waals surface area contributed by atoms with Crippen LogP contribution in [0.5, 0.6) is 0 Å². The Morgan fingerprint density at radius 1 is 1.07 bits per heavy atom. The quantitative estimate of drug-likeness (QED) is 0.195. The molecule has 1 aliphatic carbocycles. The molecular formula is C32H34BrN7O3. The Kier molecular flexibility index (Phi) is 7.50. The number of ketones is 2. The fourth-order valence-corrected chi connectivity index (χ4v) is 6.67. The smallest absolute Gasteiger partial charge is 0.245 e. The molecule has 3 atom stereocenters. The summed E-state index contributed by atoms with van der Waals surface area (Å²) in [6, 6.07) is 9.05. The fraction of sp³-hybridized carbons (Fsp3) is 0.406. The summed E-state index contributed by atoms with van der Waals surface area (Å²) in [5, 5.41) is 5.24. The monoisotopic (exact) mass is 643 g/mol. The number of carbonyl (C=O) groups excluding carboxylic acids is 3. The molecule has 1 aliphatic heterocycles. The number of nitrogens with zero attached hydrogens (tertiary/aromatic N) is 7. The van der Waals surface area contributed by atoms with E-state index in [1.54, 1.807) is 22.0 Å². The summed E-state index contributed by atoms with van der Waals surface area (Å²) >= 11 is 3.45. The third-order valence-electron chi connectivity index (χ3n) is 8.64. The zero-order valence-electron chi connectivity index (χ0n) is 25.0. The van der Waals surface area contributed by atoms with E-state index < -0.39 is 6.04 Å². The van der Waals surface area contributed by atoms with Crippen LogP contribution < -0.4 is 0 Å². The molecule has 0 spiro atoms. The third-order valence-corrected chi connectivity index (χ3v) is 9.08. The minimum absolute atomic E-state index is 0.00733. The lowest BCUT2D eigenvalue weighted by Crippen LogP contribution is -2.45. The maximum atomic E-state index is 14.0. The zero-order chi connectivity index (χ0) is 30.6. The molecule has 1 aromatic carbocycles. The summed E-state index contributed by atoms with van der Waals surface area (Å²) < 4.78 is 2.27. The Balaban J connectivity index is 1.27. The molecule has 1 amide bonds. The maximum Gasteiger partial charge on any atom is 0.245 e. The number of likely N-dealkylation sites (tertiary alicyclic amines) is 1. The van der Waals surface area contributed by atoms with E-state index >= 15 is 0 Å². The van der Waals surface area contributed by atoms with Crippen LogP contribution in [0.2, 0.25) is 0 Å². The molecule has 6 rings (SSSR count). The number of amides is 1. The van der Waals surface area contributed by atoms with Crippen LogP contribution in [0.4, 0.5) is 0 Å². The molecule has 0 unspecified atom stereocenters. The highest BCUT2D eigenvalue weighted by Gasteiger charge is 2.64. The second-order valence-corrected chi connectivity index (χ2v) is 13.1. The van der Waals surface area contributed by atoms with Crippen molar-refractivity contribution < 1.29 is 14.4 Å². The van der Waals surface area contributed by atoms with Gasteiger partial charge in [0.15, 0.2) is 11.6 Å². The number of benzene rings is 1. The summed E-state index contributed by atoms with van der Waals surface area (Å²) in [5.41, 5.74) is 4.32. The third kappa shape index (κ3) is 5.63. The topological polar surface area (TPSA) is 114 Å². The minimum Gasteiger partial charge on any atom is -0.327 e. The van der Waals surface area contributed by atoms with Gasteiger partial charge in [-0.25, -0.2) is 15.0 Å². The van der Waals surface area contributed by atoms with E-state index in [0.717, 1.165) is 28.8 Å². The van der Waals surface area contributed by atoms with Crippen LogP contribution in [0.1, 0.15) is 54.3 Å². The fourth-order valence-electron chi connectivity index (χ4n) is 6.33. The highest BCUT2D eigenvalue weighted by atomic mass is 79.9. The highest BCUT2D eigenvalue weighted by Crippen LogP contribution is 2.59. The number of piperidine rings is 1. The lowest BCUT2D eigenvalue weighted by Gasteiger charge is -2.27. The van der Waals surface area contributed by atoms with Gasteiger partial charge in [-0.05, 0) is 84.5 Å². The summed E-state index contributed by atoms with van der Waals surface area (Å²) in [6.45, 7) is 6.05. The Morgan fingerprint density at radius 3 is 2.51 bits per heavy atom. The van der Waals surface area contributed by atoms with Crippen LogP contribution in [0, 0.1) is 12.3 Å². The first-order valence-corrected chi connectivity index (χ1v) is 15.2. The molecule has 43 heavy (non-hydrogen) atoms. The SMILES string of the molecule is CC(=O)c1nn(CC(=O)N2[C@H](C(=O)Cc3nc(Br)ccc3CN(C)C)C[C@@]3(C)C[C@@H]23)c2ccc(-c3cnc(C)nc3)cc12. The number of rotatable bonds is 9. The van der Waals surface area contributed by atoms with E-state index in [9.17, 15) is 14.4 Å². The van der Waals surface area contributed by atoms with Crippen LogP contribution in [0.15, 0.2) is 47.3 Å². The van der Waals surface area contributed by atoms with Crippen molar-refractivity contribution in [3.05, 3.63) is 70.1 Å². The standard InChI is InChI=1S/C32H34BrN7O3/c1-18(41)31-23-10-20(22-14-34-19(2)35-15-22)6-8-25(23)39(37-31)17-30(43)40-26(12-32(3)13-28(32)40)27(42)11-24-21(16-38(4)5)7-9-29(33)36-24/h6-10,14-15,26,28H,11-13,16-17H2,1-5H3/t26-,28+,32-/m0/s1. The van der Waals surface area contributed by atoms with Crippen LogP contribution in [0.25, 0.3) is 22.0 Å². The summed E-state index contributed by atoms with van der Waals surface area (Å²) in [7, 11) is 3.96. The van der Waals surface area contributed by atoms with E-state index in [-0.39, 0.29) is 41.9 Å². The number of aryl methyl sites for hydroxylation is 1. The average Bonchev–Trinajstić information content (AvgIpc) is 3.32. The number of Topliss-reactive ketones (excluding diaryl/α,β-unsaturated/α-hetero) is 2. The second kappa shape index (κ2) is 11.0. The lowest BCUT2D eigenvalue weighted by molar-refractivity contribution is -0.139. The van der Waals surface area contributed by atoms with Crippen molar-refractivity contribution >= 4 is 44.3 Å². The zero-order valence-corrected chi connectivity index (χ0v) is 26.6. The molecule has 0 N–H and O–H groups in total. The molecule has 4 aromatic rings. The van der Waals surface area contributed by atoms with Gasteiger partial charge in [-0.15, -0.1) is 0 Å². The Hall–Kier alpha value is -3.83. The molecule has 4 heterocycles. The van der Waals surface area contributed by atoms with Gasteiger partial charge in [0.1, 0.15) is 22.7 Å². The van der Waals surface area contributed by atoms with E-state index in [2.05, 4.69) is 42.9 Å². The van der Waals surface area contributed by atoms with Crippen molar-refractivity contribution in [3.63, 3.8) is 0 Å². The molecule has 2 aliphatic rings. The Labute approximate surface area is 258 Å². The number of pyridine rings is 1. The number of aromatic nitrogens is 5. The van der Waals surface area contributed by atoms with Crippen molar-refractivity contribution in [2.24, 2.45) is 5.41 Å². The molecule has 222 valence electrons. The van der Waals surface area contributed by atoms with Gasteiger partial charge < -0.3 is 9.80 Å². The van der Waals surface area contributed by atoms with Crippen molar-refractivity contribution in [3.8, 4) is 11.1 Å². The first-order chi connectivity index (χ1) is 20.4.